The number of phosphoric acid groups is 2. The van der Waals surface area contributed by atoms with Crippen LogP contribution < -0.4 is 0 Å². The third-order valence-electron chi connectivity index (χ3n) is 3.00. The van der Waals surface area contributed by atoms with Gasteiger partial charge in [-0.3, -0.25) is 4.52 Å². The molecule has 9 heteroatoms. The third kappa shape index (κ3) is 15.0. The Kier molecular flexibility index (Phi) is 10.9. The van der Waals surface area contributed by atoms with Crippen molar-refractivity contribution in [2.75, 3.05) is 6.61 Å². The zero-order valence-electron chi connectivity index (χ0n) is 14.6. The van der Waals surface area contributed by atoms with Crippen LogP contribution in [0.1, 0.15) is 53.4 Å². The number of phosphoric ester groups is 1. The van der Waals surface area contributed by atoms with Crippen LogP contribution in [0, 0.1) is 0 Å². The molecule has 0 saturated carbocycles. The van der Waals surface area contributed by atoms with E-state index in [0.29, 0.717) is 0 Å². The van der Waals surface area contributed by atoms with Gasteiger partial charge in [0, 0.05) is 0 Å². The Bertz CT molecular complexity index is 568. The van der Waals surface area contributed by atoms with Crippen molar-refractivity contribution in [3.63, 3.8) is 0 Å². The van der Waals surface area contributed by atoms with Gasteiger partial charge in [-0.25, -0.2) is 9.13 Å². The Morgan fingerprint density at radius 1 is 0.875 bits per heavy atom. The normalized spacial score (nSPS) is 16.0. The van der Waals surface area contributed by atoms with E-state index in [1.807, 2.05) is 6.92 Å². The van der Waals surface area contributed by atoms with Crippen molar-refractivity contribution in [1.29, 1.82) is 0 Å². The minimum Gasteiger partial charge on any atom is -0.302 e. The second kappa shape index (κ2) is 11.2. The van der Waals surface area contributed by atoms with Gasteiger partial charge in [0.1, 0.15) is 0 Å². The molecule has 7 nitrogen and oxygen atoms in total. The monoisotopic (exact) mass is 382 g/mol. The maximum absolute atomic E-state index is 11.2. The summed E-state index contributed by atoms with van der Waals surface area (Å²) >= 11 is 0. The van der Waals surface area contributed by atoms with Crippen LogP contribution in [0.25, 0.3) is 0 Å². The first-order valence-corrected chi connectivity index (χ1v) is 10.6. The summed E-state index contributed by atoms with van der Waals surface area (Å²) in [6.07, 6.45) is 9.59. The topological polar surface area (TPSA) is 113 Å². The molecule has 0 aliphatic carbocycles. The van der Waals surface area contributed by atoms with Crippen LogP contribution in [-0.2, 0) is 18.0 Å². The van der Waals surface area contributed by atoms with E-state index in [9.17, 15) is 9.13 Å². The Labute approximate surface area is 143 Å². The Morgan fingerprint density at radius 2 is 1.38 bits per heavy atom. The molecule has 24 heavy (non-hydrogen) atoms. The highest BCUT2D eigenvalue weighted by molar-refractivity contribution is 7.60. The van der Waals surface area contributed by atoms with Crippen molar-refractivity contribution in [3.05, 3.63) is 34.9 Å². The Balaban J connectivity index is 4.18. The van der Waals surface area contributed by atoms with Crippen molar-refractivity contribution >= 4 is 15.6 Å². The molecule has 0 saturated heterocycles. The highest BCUT2D eigenvalue weighted by Gasteiger charge is 2.31. The lowest BCUT2D eigenvalue weighted by molar-refractivity contribution is 0.191. The molecular weight excluding hydrogens is 354 g/mol. The van der Waals surface area contributed by atoms with E-state index >= 15 is 0 Å². The summed E-state index contributed by atoms with van der Waals surface area (Å²) in [5.74, 6) is 0. The van der Waals surface area contributed by atoms with Gasteiger partial charge in [0.2, 0.25) is 0 Å². The first-order valence-electron chi connectivity index (χ1n) is 7.60. The predicted molar refractivity (Wildman–Crippen MR) is 94.3 cm³/mol. The summed E-state index contributed by atoms with van der Waals surface area (Å²) in [4.78, 5) is 26.1. The van der Waals surface area contributed by atoms with Gasteiger partial charge in [-0.05, 0) is 53.4 Å². The van der Waals surface area contributed by atoms with Gasteiger partial charge in [0.25, 0.3) is 0 Å². The first-order chi connectivity index (χ1) is 10.9. The van der Waals surface area contributed by atoms with E-state index in [-0.39, 0.29) is 6.61 Å². The van der Waals surface area contributed by atoms with Gasteiger partial charge in [-0.1, -0.05) is 34.9 Å². The molecular formula is C15H28O7P2. The first kappa shape index (κ1) is 23.5. The fraction of sp³-hybridized carbons (Fsp3) is 0.600. The SMILES string of the molecule is CC(C)=CCC/C(C)=C/CC/C(C)=C\COP(=O)(O)OP(=O)(O)O. The average Bonchev–Trinajstić information content (AvgIpc) is 2.34. The van der Waals surface area contributed by atoms with E-state index in [2.05, 4.69) is 41.8 Å². The van der Waals surface area contributed by atoms with Crippen LogP contribution in [-0.4, -0.2) is 21.3 Å². The van der Waals surface area contributed by atoms with Crippen molar-refractivity contribution in [3.8, 4) is 0 Å². The predicted octanol–water partition coefficient (Wildman–Crippen LogP) is 4.63. The van der Waals surface area contributed by atoms with Crippen LogP contribution in [0.3, 0.4) is 0 Å². The van der Waals surface area contributed by atoms with Crippen molar-refractivity contribution < 1.29 is 32.6 Å². The summed E-state index contributed by atoms with van der Waals surface area (Å²) in [6.45, 7) is 7.82. The quantitative estimate of drug-likeness (QED) is 0.353. The van der Waals surface area contributed by atoms with E-state index < -0.39 is 15.6 Å². The van der Waals surface area contributed by atoms with Crippen LogP contribution in [0.15, 0.2) is 34.9 Å². The molecule has 1 atom stereocenters. The number of hydrogen-bond donors (Lipinski definition) is 3. The van der Waals surface area contributed by atoms with Crippen molar-refractivity contribution in [2.24, 2.45) is 0 Å². The second-order valence-electron chi connectivity index (χ2n) is 5.80. The highest BCUT2D eigenvalue weighted by atomic mass is 31.3. The Morgan fingerprint density at radius 3 is 1.88 bits per heavy atom. The number of allylic oxidation sites excluding steroid dienone is 5. The molecule has 0 aromatic rings. The minimum absolute atomic E-state index is 0.261. The van der Waals surface area contributed by atoms with Gasteiger partial charge in [-0.2, -0.15) is 4.31 Å². The van der Waals surface area contributed by atoms with Crippen LogP contribution in [0.4, 0.5) is 0 Å². The van der Waals surface area contributed by atoms with Gasteiger partial charge >= 0.3 is 15.6 Å². The molecule has 3 N–H and O–H groups in total. The Hall–Kier alpha value is -0.520. The van der Waals surface area contributed by atoms with Crippen molar-refractivity contribution in [1.82, 2.24) is 0 Å². The average molecular weight is 382 g/mol. The molecule has 0 bridgehead atoms. The zero-order valence-corrected chi connectivity index (χ0v) is 16.4. The van der Waals surface area contributed by atoms with Crippen LogP contribution in [0.5, 0.6) is 0 Å². The molecule has 0 spiro atoms. The summed E-state index contributed by atoms with van der Waals surface area (Å²) < 4.78 is 29.9. The third-order valence-corrected chi connectivity index (χ3v) is 5.15. The number of hydrogen-bond acceptors (Lipinski definition) is 4. The molecule has 0 aromatic carbocycles. The fourth-order valence-corrected chi connectivity index (χ4v) is 3.30. The van der Waals surface area contributed by atoms with Crippen molar-refractivity contribution in [2.45, 2.75) is 53.4 Å². The maximum atomic E-state index is 11.2. The summed E-state index contributed by atoms with van der Waals surface area (Å²) in [7, 11) is -9.82. The molecule has 1 unspecified atom stereocenters. The molecule has 0 aliphatic heterocycles. The van der Waals surface area contributed by atoms with Crippen LogP contribution in [0.2, 0.25) is 0 Å². The van der Waals surface area contributed by atoms with Gasteiger partial charge < -0.3 is 14.7 Å². The van der Waals surface area contributed by atoms with E-state index in [1.165, 1.54) is 11.1 Å². The summed E-state index contributed by atoms with van der Waals surface area (Å²) in [5.41, 5.74) is 3.57. The van der Waals surface area contributed by atoms with Gasteiger partial charge in [0.15, 0.2) is 0 Å². The molecule has 0 radical (unpaired) electrons. The number of rotatable bonds is 11. The van der Waals surface area contributed by atoms with E-state index in [0.717, 1.165) is 31.3 Å². The summed E-state index contributed by atoms with van der Waals surface area (Å²) in [6, 6.07) is 0. The zero-order chi connectivity index (χ0) is 18.8. The largest absolute Gasteiger partial charge is 0.481 e. The lowest BCUT2D eigenvalue weighted by atomic mass is 10.1. The van der Waals surface area contributed by atoms with E-state index in [4.69, 9.17) is 14.7 Å². The van der Waals surface area contributed by atoms with Gasteiger partial charge in [-0.15, -0.1) is 0 Å². The molecule has 0 aliphatic rings. The lowest BCUT2D eigenvalue weighted by Gasteiger charge is -2.11. The summed E-state index contributed by atoms with van der Waals surface area (Å²) in [5, 5.41) is 0. The fourth-order valence-electron chi connectivity index (χ4n) is 1.77. The van der Waals surface area contributed by atoms with E-state index in [1.54, 1.807) is 6.08 Å². The minimum atomic E-state index is -5.07. The standard InChI is InChI=1S/C15H28O7P2/c1-13(2)7-5-8-14(3)9-6-10-15(4)11-12-21-24(19,20)22-23(16,17)18/h7,9,11H,5-6,8,10,12H2,1-4H3,(H,19,20)(H2,16,17,18)/b14-9+,15-11-. The second-order valence-corrected chi connectivity index (χ2v) is 8.63. The maximum Gasteiger partial charge on any atom is 0.481 e. The molecule has 0 heterocycles. The lowest BCUT2D eigenvalue weighted by Crippen LogP contribution is -1.94. The molecule has 0 amide bonds. The molecule has 0 aromatic heterocycles. The smallest absolute Gasteiger partial charge is 0.302 e. The molecule has 0 rings (SSSR count). The molecule has 140 valence electrons. The van der Waals surface area contributed by atoms with Crippen LogP contribution >= 0.6 is 15.6 Å². The highest BCUT2D eigenvalue weighted by Crippen LogP contribution is 2.57. The van der Waals surface area contributed by atoms with Gasteiger partial charge in [0.05, 0.1) is 6.61 Å². The molecule has 0 fully saturated rings.